The maximum atomic E-state index is 11.5. The van der Waals surface area contributed by atoms with Gasteiger partial charge in [-0.15, -0.1) is 0 Å². The second-order valence-corrected chi connectivity index (χ2v) is 5.48. The minimum Gasteiger partial charge on any atom is -0.370 e. The third kappa shape index (κ3) is 6.86. The Morgan fingerprint density at radius 2 is 1.60 bits per heavy atom. The van der Waals surface area contributed by atoms with Gasteiger partial charge in [0.2, 0.25) is 11.8 Å². The zero-order chi connectivity index (χ0) is 14.8. The Balaban J connectivity index is 2.13. The molecular formula is C14H28N4O2. The number of nitrogens with zero attached hydrogens (tertiary/aromatic N) is 1. The van der Waals surface area contributed by atoms with Gasteiger partial charge in [0.15, 0.2) is 0 Å². The summed E-state index contributed by atoms with van der Waals surface area (Å²) in [6, 6.07) is -0.122. The van der Waals surface area contributed by atoms with E-state index in [0.29, 0.717) is 6.42 Å². The number of unbranched alkanes of at least 4 members (excludes halogenated alkanes) is 4. The molecule has 0 aliphatic carbocycles. The molecule has 0 aromatic carbocycles. The number of hydrogen-bond donors (Lipinski definition) is 3. The topological polar surface area (TPSA) is 101 Å². The molecule has 0 saturated carbocycles. The van der Waals surface area contributed by atoms with E-state index in [9.17, 15) is 9.59 Å². The third-order valence-corrected chi connectivity index (χ3v) is 3.82. The molecule has 6 nitrogen and oxygen atoms in total. The van der Waals surface area contributed by atoms with E-state index in [2.05, 4.69) is 10.2 Å². The van der Waals surface area contributed by atoms with Gasteiger partial charge in [-0.05, 0) is 12.8 Å². The van der Waals surface area contributed by atoms with Crippen molar-refractivity contribution < 1.29 is 9.59 Å². The summed E-state index contributed by atoms with van der Waals surface area (Å²) < 4.78 is 0. The maximum absolute atomic E-state index is 11.5. The highest BCUT2D eigenvalue weighted by Crippen LogP contribution is 2.13. The molecule has 1 heterocycles. The Bertz CT molecular complexity index is 304. The monoisotopic (exact) mass is 284 g/mol. The molecule has 1 fully saturated rings. The molecule has 1 saturated heterocycles. The van der Waals surface area contributed by atoms with Gasteiger partial charge in [0.05, 0.1) is 6.04 Å². The van der Waals surface area contributed by atoms with Crippen LogP contribution in [0, 0.1) is 0 Å². The quantitative estimate of drug-likeness (QED) is 0.490. The smallest absolute Gasteiger partial charge is 0.234 e. The lowest BCUT2D eigenvalue weighted by Gasteiger charge is -2.33. The minimum absolute atomic E-state index is 0.122. The van der Waals surface area contributed by atoms with Gasteiger partial charge >= 0.3 is 0 Å². The van der Waals surface area contributed by atoms with Crippen LogP contribution in [-0.2, 0) is 9.59 Å². The molecule has 0 spiro atoms. The lowest BCUT2D eigenvalue weighted by Crippen LogP contribution is -2.52. The van der Waals surface area contributed by atoms with Gasteiger partial charge in [0.1, 0.15) is 0 Å². The van der Waals surface area contributed by atoms with Crippen LogP contribution in [0.1, 0.15) is 44.9 Å². The molecule has 1 aliphatic heterocycles. The lowest BCUT2D eigenvalue weighted by molar-refractivity contribution is -0.123. The summed E-state index contributed by atoms with van der Waals surface area (Å²) in [5.74, 6) is -0.432. The first-order valence-electron chi connectivity index (χ1n) is 7.63. The van der Waals surface area contributed by atoms with Crippen molar-refractivity contribution in [1.29, 1.82) is 0 Å². The molecule has 1 atom stereocenters. The van der Waals surface area contributed by atoms with Gasteiger partial charge < -0.3 is 16.8 Å². The van der Waals surface area contributed by atoms with E-state index in [-0.39, 0.29) is 17.9 Å². The number of nitrogens with one attached hydrogen (secondary N) is 1. The van der Waals surface area contributed by atoms with Crippen molar-refractivity contribution in [3.05, 3.63) is 0 Å². The average Bonchev–Trinajstić information content (AvgIpc) is 2.42. The van der Waals surface area contributed by atoms with Crippen LogP contribution in [-0.4, -0.2) is 48.9 Å². The lowest BCUT2D eigenvalue weighted by atomic mass is 10.0. The van der Waals surface area contributed by atoms with Crippen LogP contribution in [0.2, 0.25) is 0 Å². The number of nitrogens with two attached hydrogens (primary N) is 2. The summed E-state index contributed by atoms with van der Waals surface area (Å²) in [6.07, 6.45) is 6.38. The third-order valence-electron chi connectivity index (χ3n) is 3.82. The van der Waals surface area contributed by atoms with E-state index >= 15 is 0 Å². The molecule has 1 rings (SSSR count). The van der Waals surface area contributed by atoms with E-state index in [4.69, 9.17) is 11.5 Å². The highest BCUT2D eigenvalue weighted by molar-refractivity contribution is 5.79. The summed E-state index contributed by atoms with van der Waals surface area (Å²) >= 11 is 0. The highest BCUT2D eigenvalue weighted by Gasteiger charge is 2.24. The maximum Gasteiger partial charge on any atom is 0.234 e. The first kappa shape index (κ1) is 16.9. The second kappa shape index (κ2) is 9.72. The van der Waals surface area contributed by atoms with Gasteiger partial charge in [0, 0.05) is 32.6 Å². The van der Waals surface area contributed by atoms with Gasteiger partial charge in [-0.2, -0.15) is 0 Å². The Morgan fingerprint density at radius 3 is 2.20 bits per heavy atom. The molecule has 0 radical (unpaired) electrons. The van der Waals surface area contributed by atoms with Gasteiger partial charge in [0.25, 0.3) is 0 Å². The molecular weight excluding hydrogens is 256 g/mol. The summed E-state index contributed by atoms with van der Waals surface area (Å²) in [5, 5.41) is 3.28. The van der Waals surface area contributed by atoms with Crippen LogP contribution in [0.25, 0.3) is 0 Å². The van der Waals surface area contributed by atoms with Crippen LogP contribution in [0.15, 0.2) is 0 Å². The fraction of sp³-hybridized carbons (Fsp3) is 0.857. The summed E-state index contributed by atoms with van der Waals surface area (Å²) in [7, 11) is 0. The normalized spacial score (nSPS) is 17.8. The predicted molar refractivity (Wildman–Crippen MR) is 78.9 cm³/mol. The number of amides is 2. The fourth-order valence-electron chi connectivity index (χ4n) is 2.67. The Kier molecular flexibility index (Phi) is 8.22. The van der Waals surface area contributed by atoms with Crippen molar-refractivity contribution in [2.45, 2.75) is 51.0 Å². The summed E-state index contributed by atoms with van der Waals surface area (Å²) in [4.78, 5) is 24.3. The fourth-order valence-corrected chi connectivity index (χ4v) is 2.67. The molecule has 0 bridgehead atoms. The largest absolute Gasteiger partial charge is 0.370 e. The van der Waals surface area contributed by atoms with Crippen molar-refractivity contribution in [3.8, 4) is 0 Å². The highest BCUT2D eigenvalue weighted by atomic mass is 16.1. The van der Waals surface area contributed by atoms with Gasteiger partial charge in [-0.3, -0.25) is 14.5 Å². The van der Waals surface area contributed by atoms with Crippen molar-refractivity contribution in [3.63, 3.8) is 0 Å². The van der Waals surface area contributed by atoms with Crippen LogP contribution in [0.5, 0.6) is 0 Å². The predicted octanol–water partition coefficient (Wildman–Crippen LogP) is -0.0385. The Hall–Kier alpha value is -1.14. The van der Waals surface area contributed by atoms with Crippen molar-refractivity contribution in [2.75, 3.05) is 26.2 Å². The van der Waals surface area contributed by atoms with Crippen LogP contribution in [0.3, 0.4) is 0 Å². The number of carbonyl (C=O) groups is 2. The molecule has 5 N–H and O–H groups in total. The number of primary amides is 2. The molecule has 1 aliphatic rings. The Morgan fingerprint density at radius 1 is 1.00 bits per heavy atom. The molecule has 1 unspecified atom stereocenters. The second-order valence-electron chi connectivity index (χ2n) is 5.48. The van der Waals surface area contributed by atoms with Crippen LogP contribution < -0.4 is 16.8 Å². The average molecular weight is 284 g/mol. The molecule has 116 valence electrons. The van der Waals surface area contributed by atoms with Crippen molar-refractivity contribution in [2.24, 2.45) is 11.5 Å². The van der Waals surface area contributed by atoms with Gasteiger partial charge in [-0.1, -0.05) is 25.7 Å². The van der Waals surface area contributed by atoms with Gasteiger partial charge in [-0.25, -0.2) is 0 Å². The van der Waals surface area contributed by atoms with E-state index in [1.54, 1.807) is 0 Å². The molecule has 0 aromatic heterocycles. The number of carbonyl (C=O) groups excluding carboxylic acids is 2. The van der Waals surface area contributed by atoms with Crippen LogP contribution >= 0.6 is 0 Å². The Labute approximate surface area is 121 Å². The molecule has 2 amide bonds. The van der Waals surface area contributed by atoms with Crippen molar-refractivity contribution in [1.82, 2.24) is 10.2 Å². The van der Waals surface area contributed by atoms with E-state index in [1.165, 1.54) is 0 Å². The number of piperazine rings is 1. The molecule has 6 heteroatoms. The van der Waals surface area contributed by atoms with E-state index in [0.717, 1.165) is 64.7 Å². The van der Waals surface area contributed by atoms with E-state index in [1.807, 2.05) is 0 Å². The standard InChI is InChI=1S/C14H28N4O2/c15-13(19)7-5-3-1-2-4-6-12(14(16)20)18-10-8-17-9-11-18/h12,17H,1-11H2,(H2,15,19)(H2,16,20). The summed E-state index contributed by atoms with van der Waals surface area (Å²) in [6.45, 7) is 3.65. The first-order valence-corrected chi connectivity index (χ1v) is 7.63. The molecule has 0 aromatic rings. The van der Waals surface area contributed by atoms with Crippen molar-refractivity contribution >= 4 is 11.8 Å². The first-order chi connectivity index (χ1) is 9.61. The zero-order valence-electron chi connectivity index (χ0n) is 12.3. The van der Waals surface area contributed by atoms with Crippen LogP contribution in [0.4, 0.5) is 0 Å². The number of hydrogen-bond acceptors (Lipinski definition) is 4. The SMILES string of the molecule is NC(=O)CCCCCCCC(C(N)=O)N1CCNCC1. The molecule has 20 heavy (non-hydrogen) atoms. The zero-order valence-corrected chi connectivity index (χ0v) is 12.3. The summed E-state index contributed by atoms with van der Waals surface area (Å²) in [5.41, 5.74) is 10.6. The number of rotatable bonds is 10. The van der Waals surface area contributed by atoms with E-state index < -0.39 is 0 Å². The minimum atomic E-state index is -0.225.